The van der Waals surface area contributed by atoms with Gasteiger partial charge in [-0.3, -0.25) is 14.6 Å². The number of anilines is 1. The van der Waals surface area contributed by atoms with E-state index < -0.39 is 0 Å². The van der Waals surface area contributed by atoms with E-state index in [2.05, 4.69) is 10.3 Å². The summed E-state index contributed by atoms with van der Waals surface area (Å²) < 4.78 is 0. The van der Waals surface area contributed by atoms with Crippen LogP contribution in [0.3, 0.4) is 0 Å². The second-order valence-electron chi connectivity index (χ2n) is 3.39. The molecule has 0 aliphatic heterocycles. The van der Waals surface area contributed by atoms with Crippen molar-refractivity contribution < 1.29 is 9.59 Å². The highest BCUT2D eigenvalue weighted by Gasteiger charge is 2.10. The van der Waals surface area contributed by atoms with E-state index in [9.17, 15) is 9.59 Å². The largest absolute Gasteiger partial charge is 0.355 e. The number of aromatic nitrogens is 1. The van der Waals surface area contributed by atoms with Crippen LogP contribution in [0.1, 0.15) is 6.42 Å². The van der Waals surface area contributed by atoms with Gasteiger partial charge in [0, 0.05) is 38.1 Å². The molecule has 92 valence electrons. The molecule has 17 heavy (non-hydrogen) atoms. The average Bonchev–Trinajstić information content (AvgIpc) is 2.38. The Balaban J connectivity index is 2.40. The number of amides is 2. The number of carbonyl (C=O) groups excluding carboxylic acids is 2. The molecule has 0 spiro atoms. The molecule has 0 aliphatic carbocycles. The van der Waals surface area contributed by atoms with Gasteiger partial charge in [-0.2, -0.15) is 0 Å². The third-order valence-electron chi connectivity index (χ3n) is 2.21. The molecule has 0 saturated carbocycles. The molecule has 0 radical (unpaired) electrons. The number of carbonyl (C=O) groups is 2. The fraction of sp³-hybridized carbons (Fsp3) is 0.364. The third-order valence-corrected chi connectivity index (χ3v) is 2.45. The van der Waals surface area contributed by atoms with Crippen molar-refractivity contribution in [3.63, 3.8) is 0 Å². The van der Waals surface area contributed by atoms with Gasteiger partial charge in [0.1, 0.15) is 5.88 Å². The highest BCUT2D eigenvalue weighted by atomic mass is 35.5. The number of hydrogen-bond acceptors (Lipinski definition) is 3. The van der Waals surface area contributed by atoms with Crippen LogP contribution in [0.25, 0.3) is 0 Å². The Bertz CT molecular complexity index is 384. The summed E-state index contributed by atoms with van der Waals surface area (Å²) in [5, 5.41) is 2.54. The molecule has 0 aromatic carbocycles. The molecule has 0 atom stereocenters. The number of hydrogen-bond donors (Lipinski definition) is 1. The van der Waals surface area contributed by atoms with E-state index in [1.54, 1.807) is 31.6 Å². The molecule has 2 amide bonds. The molecule has 1 aromatic rings. The Morgan fingerprint density at radius 3 is 2.65 bits per heavy atom. The second-order valence-corrected chi connectivity index (χ2v) is 3.66. The highest BCUT2D eigenvalue weighted by molar-refractivity contribution is 6.27. The van der Waals surface area contributed by atoms with Crippen molar-refractivity contribution in [1.82, 2.24) is 10.3 Å². The maximum absolute atomic E-state index is 11.7. The number of halogens is 1. The first-order valence-electron chi connectivity index (χ1n) is 5.14. The summed E-state index contributed by atoms with van der Waals surface area (Å²) in [6.07, 6.45) is 3.48. The van der Waals surface area contributed by atoms with E-state index in [1.165, 1.54) is 4.90 Å². The summed E-state index contributed by atoms with van der Waals surface area (Å²) >= 11 is 5.31. The number of rotatable bonds is 5. The first-order chi connectivity index (χ1) is 8.15. The van der Waals surface area contributed by atoms with Gasteiger partial charge in [-0.25, -0.2) is 0 Å². The number of pyridine rings is 1. The van der Waals surface area contributed by atoms with E-state index in [-0.39, 0.29) is 24.1 Å². The fourth-order valence-electron chi connectivity index (χ4n) is 1.24. The molecule has 0 saturated heterocycles. The minimum Gasteiger partial charge on any atom is -0.355 e. The summed E-state index contributed by atoms with van der Waals surface area (Å²) in [7, 11) is 1.68. The lowest BCUT2D eigenvalue weighted by atomic mass is 10.3. The molecule has 0 unspecified atom stereocenters. The second kappa shape index (κ2) is 6.85. The quantitative estimate of drug-likeness (QED) is 0.792. The highest BCUT2D eigenvalue weighted by Crippen LogP contribution is 2.10. The summed E-state index contributed by atoms with van der Waals surface area (Å²) in [5.41, 5.74) is 0.772. The van der Waals surface area contributed by atoms with Gasteiger partial charge < -0.3 is 10.2 Å². The summed E-state index contributed by atoms with van der Waals surface area (Å²) in [5.74, 6) is -0.439. The molecule has 6 heteroatoms. The molecule has 1 rings (SSSR count). The van der Waals surface area contributed by atoms with Crippen molar-refractivity contribution in [1.29, 1.82) is 0 Å². The lowest BCUT2D eigenvalue weighted by molar-refractivity contribution is -0.119. The van der Waals surface area contributed by atoms with Crippen LogP contribution in [0.5, 0.6) is 0 Å². The Kier molecular flexibility index (Phi) is 5.42. The SMILES string of the molecule is CN(C(=O)CCNC(=O)CCl)c1ccncc1. The van der Waals surface area contributed by atoms with Gasteiger partial charge in [-0.1, -0.05) is 0 Å². The Morgan fingerprint density at radius 2 is 2.06 bits per heavy atom. The first kappa shape index (κ1) is 13.4. The molecule has 1 aromatic heterocycles. The average molecular weight is 256 g/mol. The molecule has 0 aliphatic rings. The van der Waals surface area contributed by atoms with Crippen molar-refractivity contribution in [2.45, 2.75) is 6.42 Å². The smallest absolute Gasteiger partial charge is 0.234 e. The molecule has 5 nitrogen and oxygen atoms in total. The molecule has 1 N–H and O–H groups in total. The van der Waals surface area contributed by atoms with Crippen molar-refractivity contribution in [2.24, 2.45) is 0 Å². The van der Waals surface area contributed by atoms with E-state index in [0.29, 0.717) is 6.54 Å². The van der Waals surface area contributed by atoms with Crippen LogP contribution in [-0.4, -0.2) is 36.3 Å². The third kappa shape index (κ3) is 4.40. The maximum atomic E-state index is 11.7. The Hall–Kier alpha value is -1.62. The molecule has 0 fully saturated rings. The predicted molar refractivity (Wildman–Crippen MR) is 66.0 cm³/mol. The van der Waals surface area contributed by atoms with Gasteiger partial charge in [0.05, 0.1) is 0 Å². The van der Waals surface area contributed by atoms with Crippen molar-refractivity contribution in [3.05, 3.63) is 24.5 Å². The van der Waals surface area contributed by atoms with Gasteiger partial charge in [0.15, 0.2) is 0 Å². The topological polar surface area (TPSA) is 62.3 Å². The van der Waals surface area contributed by atoms with Crippen molar-refractivity contribution >= 4 is 29.1 Å². The fourth-order valence-corrected chi connectivity index (χ4v) is 1.33. The standard InChI is InChI=1S/C11H14ClN3O2/c1-15(9-2-5-13-6-3-9)11(17)4-7-14-10(16)8-12/h2-3,5-6H,4,7-8H2,1H3,(H,14,16). The Morgan fingerprint density at radius 1 is 1.41 bits per heavy atom. The zero-order chi connectivity index (χ0) is 12.7. The zero-order valence-electron chi connectivity index (χ0n) is 9.52. The number of alkyl halides is 1. The van der Waals surface area contributed by atoms with Crippen molar-refractivity contribution in [2.75, 3.05) is 24.4 Å². The van der Waals surface area contributed by atoms with Gasteiger partial charge in [-0.05, 0) is 12.1 Å². The van der Waals surface area contributed by atoms with E-state index in [1.807, 2.05) is 0 Å². The van der Waals surface area contributed by atoms with Gasteiger partial charge in [0.2, 0.25) is 11.8 Å². The van der Waals surface area contributed by atoms with Gasteiger partial charge >= 0.3 is 0 Å². The first-order valence-corrected chi connectivity index (χ1v) is 5.68. The van der Waals surface area contributed by atoms with Gasteiger partial charge in [-0.15, -0.1) is 11.6 Å². The predicted octanol–water partition coefficient (Wildman–Crippen LogP) is 0.789. The molecular weight excluding hydrogens is 242 g/mol. The van der Waals surface area contributed by atoms with Gasteiger partial charge in [0.25, 0.3) is 0 Å². The number of nitrogens with zero attached hydrogens (tertiary/aromatic N) is 2. The lowest BCUT2D eigenvalue weighted by Gasteiger charge is -2.16. The summed E-state index contributed by atoms with van der Waals surface area (Å²) in [6, 6.07) is 3.49. The lowest BCUT2D eigenvalue weighted by Crippen LogP contribution is -2.32. The normalized spacial score (nSPS) is 9.76. The van der Waals surface area contributed by atoms with Crippen LogP contribution in [0, 0.1) is 0 Å². The minimum atomic E-state index is -0.272. The van der Waals surface area contributed by atoms with Crippen molar-refractivity contribution in [3.8, 4) is 0 Å². The van der Waals surface area contributed by atoms with E-state index in [4.69, 9.17) is 11.6 Å². The minimum absolute atomic E-state index is 0.0777. The van der Waals surface area contributed by atoms with E-state index in [0.717, 1.165) is 5.69 Å². The summed E-state index contributed by atoms with van der Waals surface area (Å²) in [4.78, 5) is 28.0. The van der Waals surface area contributed by atoms with Crippen LogP contribution >= 0.6 is 11.6 Å². The van der Waals surface area contributed by atoms with Crippen LogP contribution in [0.2, 0.25) is 0 Å². The summed E-state index contributed by atoms with van der Waals surface area (Å²) in [6.45, 7) is 0.291. The molecule has 0 bridgehead atoms. The van der Waals surface area contributed by atoms with Crippen LogP contribution in [-0.2, 0) is 9.59 Å². The number of nitrogens with one attached hydrogen (secondary N) is 1. The molecule has 1 heterocycles. The van der Waals surface area contributed by atoms with E-state index >= 15 is 0 Å². The maximum Gasteiger partial charge on any atom is 0.234 e. The monoisotopic (exact) mass is 255 g/mol. The Labute approximate surface area is 105 Å². The van der Waals surface area contributed by atoms with Crippen LogP contribution < -0.4 is 10.2 Å². The van der Waals surface area contributed by atoms with Crippen LogP contribution in [0.4, 0.5) is 5.69 Å². The molecular formula is C11H14ClN3O2. The van der Waals surface area contributed by atoms with Crippen LogP contribution in [0.15, 0.2) is 24.5 Å². The zero-order valence-corrected chi connectivity index (χ0v) is 10.3.